The third-order valence-electron chi connectivity index (χ3n) is 5.82. The van der Waals surface area contributed by atoms with Gasteiger partial charge in [0.05, 0.1) is 5.69 Å². The van der Waals surface area contributed by atoms with Gasteiger partial charge in [-0.1, -0.05) is 13.8 Å². The molecule has 0 aliphatic carbocycles. The van der Waals surface area contributed by atoms with E-state index < -0.39 is 5.54 Å². The Morgan fingerprint density at radius 3 is 2.36 bits per heavy atom. The van der Waals surface area contributed by atoms with E-state index in [9.17, 15) is 14.4 Å². The van der Waals surface area contributed by atoms with Crippen LogP contribution in [0.5, 0.6) is 0 Å². The van der Waals surface area contributed by atoms with Gasteiger partial charge in [0, 0.05) is 31.9 Å². The maximum Gasteiger partial charge on any atom is 0.327 e. The Morgan fingerprint density at radius 1 is 1.21 bits per heavy atom. The lowest BCUT2D eigenvalue weighted by molar-refractivity contribution is -0.141. The van der Waals surface area contributed by atoms with Crippen LogP contribution in [0.25, 0.3) is 0 Å². The molecule has 2 aliphatic heterocycles. The zero-order valence-corrected chi connectivity index (χ0v) is 17.6. The fourth-order valence-corrected chi connectivity index (χ4v) is 4.35. The topological polar surface area (TPSA) is 78.8 Å². The van der Waals surface area contributed by atoms with Crippen molar-refractivity contribution in [2.45, 2.75) is 59.5 Å². The summed E-state index contributed by atoms with van der Waals surface area (Å²) < 4.78 is 1.72. The van der Waals surface area contributed by atoms with Crippen LogP contribution in [0.4, 0.5) is 4.79 Å². The molecule has 8 heteroatoms. The van der Waals surface area contributed by atoms with Gasteiger partial charge in [0.25, 0.3) is 5.91 Å². The molecule has 0 unspecified atom stereocenters. The number of hydrogen-bond acceptors (Lipinski definition) is 4. The minimum absolute atomic E-state index is 0.000537. The van der Waals surface area contributed by atoms with Gasteiger partial charge < -0.3 is 9.80 Å². The van der Waals surface area contributed by atoms with E-state index in [0.717, 1.165) is 11.4 Å². The third kappa shape index (κ3) is 3.40. The van der Waals surface area contributed by atoms with Crippen molar-refractivity contribution in [1.29, 1.82) is 0 Å². The monoisotopic (exact) mass is 389 g/mol. The maximum absolute atomic E-state index is 13.1. The second-order valence-corrected chi connectivity index (χ2v) is 8.33. The van der Waals surface area contributed by atoms with Gasteiger partial charge in [0.1, 0.15) is 12.1 Å². The predicted molar refractivity (Wildman–Crippen MR) is 105 cm³/mol. The highest BCUT2D eigenvalue weighted by Crippen LogP contribution is 2.37. The zero-order valence-electron chi connectivity index (χ0n) is 17.6. The molecule has 3 rings (SSSR count). The summed E-state index contributed by atoms with van der Waals surface area (Å²) in [7, 11) is 0. The number of hydrogen-bond donors (Lipinski definition) is 0. The Labute approximate surface area is 166 Å². The number of rotatable bonds is 5. The van der Waals surface area contributed by atoms with Crippen molar-refractivity contribution in [2.24, 2.45) is 5.92 Å². The molecule has 1 aromatic heterocycles. The van der Waals surface area contributed by atoms with Gasteiger partial charge >= 0.3 is 6.03 Å². The van der Waals surface area contributed by atoms with Crippen LogP contribution in [0.1, 0.15) is 45.0 Å². The molecule has 28 heavy (non-hydrogen) atoms. The smallest absolute Gasteiger partial charge is 0.327 e. The second kappa shape index (κ2) is 7.56. The van der Waals surface area contributed by atoms with Crippen LogP contribution in [0.15, 0.2) is 6.07 Å². The van der Waals surface area contributed by atoms with Crippen molar-refractivity contribution in [3.63, 3.8) is 0 Å². The van der Waals surface area contributed by atoms with Crippen LogP contribution in [0, 0.1) is 19.8 Å². The van der Waals surface area contributed by atoms with E-state index in [1.165, 1.54) is 4.90 Å². The number of aromatic nitrogens is 2. The number of aryl methyl sites for hydroxylation is 2. The fraction of sp³-hybridized carbons (Fsp3) is 0.700. The van der Waals surface area contributed by atoms with E-state index in [4.69, 9.17) is 0 Å². The number of urea groups is 1. The second-order valence-electron chi connectivity index (χ2n) is 8.33. The third-order valence-corrected chi connectivity index (χ3v) is 5.82. The molecule has 2 saturated heterocycles. The molecular weight excluding hydrogens is 358 g/mol. The first-order valence-electron chi connectivity index (χ1n) is 10.1. The molecule has 3 heterocycles. The molecule has 0 bridgehead atoms. The van der Waals surface area contributed by atoms with E-state index in [0.29, 0.717) is 39.0 Å². The van der Waals surface area contributed by atoms with Crippen molar-refractivity contribution >= 4 is 17.8 Å². The molecule has 0 N–H and O–H groups in total. The van der Waals surface area contributed by atoms with E-state index in [2.05, 4.69) is 5.10 Å². The van der Waals surface area contributed by atoms with E-state index in [1.807, 2.05) is 40.7 Å². The molecule has 154 valence electrons. The number of imide groups is 1. The Hall–Kier alpha value is -2.38. The molecule has 1 spiro atoms. The normalized spacial score (nSPS) is 19.4. The summed E-state index contributed by atoms with van der Waals surface area (Å²) in [6.45, 7) is 11.9. The largest absolute Gasteiger partial charge is 0.341 e. The van der Waals surface area contributed by atoms with Crippen LogP contribution in [0.2, 0.25) is 0 Å². The highest BCUT2D eigenvalue weighted by atomic mass is 16.2. The molecule has 8 nitrogen and oxygen atoms in total. The number of carbonyl (C=O) groups is 3. The number of piperidine rings is 1. The summed E-state index contributed by atoms with van der Waals surface area (Å²) in [5.41, 5.74) is 1.05. The number of carbonyl (C=O) groups excluding carboxylic acids is 3. The van der Waals surface area contributed by atoms with Gasteiger partial charge in [-0.2, -0.15) is 5.10 Å². The average Bonchev–Trinajstić information content (AvgIpc) is 3.04. The van der Waals surface area contributed by atoms with Crippen molar-refractivity contribution in [1.82, 2.24) is 24.5 Å². The Kier molecular flexibility index (Phi) is 5.50. The van der Waals surface area contributed by atoms with Gasteiger partial charge in [-0.3, -0.25) is 19.2 Å². The molecule has 0 atom stereocenters. The minimum atomic E-state index is -0.799. The summed E-state index contributed by atoms with van der Waals surface area (Å²) >= 11 is 0. The summed E-state index contributed by atoms with van der Waals surface area (Å²) in [5.74, 6) is 0.169. The molecule has 0 aromatic carbocycles. The minimum Gasteiger partial charge on any atom is -0.341 e. The van der Waals surface area contributed by atoms with Crippen LogP contribution in [-0.4, -0.2) is 74.0 Å². The van der Waals surface area contributed by atoms with E-state index in [-0.39, 0.29) is 30.3 Å². The van der Waals surface area contributed by atoms with Crippen LogP contribution < -0.4 is 0 Å². The quantitative estimate of drug-likeness (QED) is 0.720. The highest BCUT2D eigenvalue weighted by molar-refractivity contribution is 6.07. The average molecular weight is 390 g/mol. The summed E-state index contributed by atoms with van der Waals surface area (Å²) in [6.07, 6.45) is 0.979. The van der Waals surface area contributed by atoms with Crippen molar-refractivity contribution < 1.29 is 14.4 Å². The molecule has 4 amide bonds. The number of nitrogens with zero attached hydrogens (tertiary/aromatic N) is 5. The first kappa shape index (κ1) is 20.4. The highest BCUT2D eigenvalue weighted by Gasteiger charge is 2.57. The predicted octanol–water partition coefficient (Wildman–Crippen LogP) is 1.80. The lowest BCUT2D eigenvalue weighted by atomic mass is 9.85. The van der Waals surface area contributed by atoms with E-state index >= 15 is 0 Å². The summed E-state index contributed by atoms with van der Waals surface area (Å²) in [6, 6.07) is 1.76. The standard InChI is InChI=1S/C20H31N5O3/c1-6-23-18(27)20(24(19(23)28)12-14(2)3)7-9-22(10-8-20)17(26)13-25-16(5)11-15(4)21-25/h11,14H,6-10,12-13H2,1-5H3. The van der Waals surface area contributed by atoms with Crippen molar-refractivity contribution in [3.05, 3.63) is 17.5 Å². The lowest BCUT2D eigenvalue weighted by Crippen LogP contribution is -2.58. The maximum atomic E-state index is 13.1. The number of amides is 4. The van der Waals surface area contributed by atoms with Gasteiger partial charge in [0.2, 0.25) is 5.91 Å². The van der Waals surface area contributed by atoms with Gasteiger partial charge in [-0.05, 0) is 45.6 Å². The zero-order chi connectivity index (χ0) is 20.6. The Morgan fingerprint density at radius 2 is 1.86 bits per heavy atom. The first-order valence-corrected chi connectivity index (χ1v) is 10.1. The van der Waals surface area contributed by atoms with Crippen LogP contribution in [0.3, 0.4) is 0 Å². The Balaban J connectivity index is 1.73. The summed E-state index contributed by atoms with van der Waals surface area (Å²) in [4.78, 5) is 43.5. The molecule has 1 aromatic rings. The van der Waals surface area contributed by atoms with Gasteiger partial charge in [-0.25, -0.2) is 4.79 Å². The lowest BCUT2D eigenvalue weighted by Gasteiger charge is -2.42. The van der Waals surface area contributed by atoms with Crippen molar-refractivity contribution in [3.8, 4) is 0 Å². The van der Waals surface area contributed by atoms with Crippen molar-refractivity contribution in [2.75, 3.05) is 26.2 Å². The number of likely N-dealkylation sites (tertiary alicyclic amines) is 1. The molecule has 0 saturated carbocycles. The first-order chi connectivity index (χ1) is 13.2. The molecule has 2 aliphatic rings. The Bertz CT molecular complexity index is 777. The van der Waals surface area contributed by atoms with Gasteiger partial charge in [-0.15, -0.1) is 0 Å². The molecule has 0 radical (unpaired) electrons. The van der Waals surface area contributed by atoms with E-state index in [1.54, 1.807) is 14.5 Å². The fourth-order valence-electron chi connectivity index (χ4n) is 4.35. The number of likely N-dealkylation sites (N-methyl/N-ethyl adjacent to an activating group) is 1. The van der Waals surface area contributed by atoms with Gasteiger partial charge in [0.15, 0.2) is 0 Å². The molecular formula is C20H31N5O3. The summed E-state index contributed by atoms with van der Waals surface area (Å²) in [5, 5.41) is 4.36. The SMILES string of the molecule is CCN1C(=O)N(CC(C)C)C2(CCN(C(=O)Cn3nc(C)cc3C)CC2)C1=O. The van der Waals surface area contributed by atoms with Crippen LogP contribution >= 0.6 is 0 Å². The van der Waals surface area contributed by atoms with Crippen LogP contribution in [-0.2, 0) is 16.1 Å². The molecule has 2 fully saturated rings.